The van der Waals surface area contributed by atoms with E-state index in [0.29, 0.717) is 30.5 Å². The highest BCUT2D eigenvalue weighted by molar-refractivity contribution is 5.88. The number of alkyl halides is 3. The predicted molar refractivity (Wildman–Crippen MR) is 97.3 cm³/mol. The molecule has 27 heavy (non-hydrogen) atoms. The highest BCUT2D eigenvalue weighted by atomic mass is 19.4. The number of nitrogens with one attached hydrogen (secondary N) is 2. The molecular formula is C21H27F3N2O. The minimum atomic E-state index is -4.39. The summed E-state index contributed by atoms with van der Waals surface area (Å²) in [6.45, 7) is 0. The zero-order valence-corrected chi connectivity index (χ0v) is 15.4. The van der Waals surface area contributed by atoms with Crippen LogP contribution < -0.4 is 10.6 Å². The Hall–Kier alpha value is -1.56. The number of piperidine rings is 1. The van der Waals surface area contributed by atoms with Crippen molar-refractivity contribution in [2.75, 3.05) is 0 Å². The molecule has 3 aliphatic rings. The number of fused-ring (bicyclic) bond motifs is 2. The van der Waals surface area contributed by atoms with Crippen molar-refractivity contribution in [2.45, 2.75) is 87.5 Å². The van der Waals surface area contributed by atoms with E-state index in [-0.39, 0.29) is 11.9 Å². The van der Waals surface area contributed by atoms with Crippen molar-refractivity contribution in [3.8, 4) is 0 Å². The van der Waals surface area contributed by atoms with Crippen LogP contribution in [0.1, 0.15) is 68.9 Å². The summed E-state index contributed by atoms with van der Waals surface area (Å²) in [4.78, 5) is 13.4. The van der Waals surface area contributed by atoms with E-state index in [1.165, 1.54) is 12.1 Å². The molecule has 2 aliphatic heterocycles. The fourth-order valence-electron chi connectivity index (χ4n) is 5.29. The lowest BCUT2D eigenvalue weighted by molar-refractivity contribution is -0.138. The van der Waals surface area contributed by atoms with Crippen LogP contribution in [0.4, 0.5) is 13.2 Å². The second-order valence-corrected chi connectivity index (χ2v) is 8.50. The van der Waals surface area contributed by atoms with Crippen molar-refractivity contribution >= 4 is 5.91 Å². The van der Waals surface area contributed by atoms with E-state index in [1.807, 2.05) is 0 Å². The predicted octanol–water partition coefficient (Wildman–Crippen LogP) is 4.31. The molecule has 1 amide bonds. The number of amides is 1. The highest BCUT2D eigenvalue weighted by Crippen LogP contribution is 2.42. The zero-order chi connectivity index (χ0) is 19.1. The van der Waals surface area contributed by atoms with E-state index >= 15 is 0 Å². The monoisotopic (exact) mass is 380 g/mol. The lowest BCUT2D eigenvalue weighted by atomic mass is 9.68. The molecule has 148 valence electrons. The minimum absolute atomic E-state index is 0.0761. The zero-order valence-electron chi connectivity index (χ0n) is 15.4. The molecule has 0 aromatic heterocycles. The molecule has 2 unspecified atom stereocenters. The molecule has 1 saturated carbocycles. The maximum Gasteiger partial charge on any atom is 0.416 e. The Morgan fingerprint density at radius 1 is 1.07 bits per heavy atom. The van der Waals surface area contributed by atoms with Crippen LogP contribution in [0.25, 0.3) is 0 Å². The first kappa shape index (κ1) is 18.8. The molecule has 1 aromatic carbocycles. The summed E-state index contributed by atoms with van der Waals surface area (Å²) in [5, 5.41) is 6.79. The average Bonchev–Trinajstić information content (AvgIpc) is 3.00. The average molecular weight is 380 g/mol. The van der Waals surface area contributed by atoms with E-state index in [1.54, 1.807) is 6.07 Å². The molecule has 2 bridgehead atoms. The summed E-state index contributed by atoms with van der Waals surface area (Å²) in [5.41, 5.74) is -0.979. The molecule has 6 heteroatoms. The van der Waals surface area contributed by atoms with Gasteiger partial charge in [-0.05, 0) is 50.2 Å². The molecule has 3 fully saturated rings. The summed E-state index contributed by atoms with van der Waals surface area (Å²) in [5.74, 6) is -0.0761. The van der Waals surface area contributed by atoms with Gasteiger partial charge in [0.05, 0.1) is 11.0 Å². The van der Waals surface area contributed by atoms with Crippen LogP contribution in [0, 0.1) is 0 Å². The lowest BCUT2D eigenvalue weighted by Crippen LogP contribution is -2.53. The van der Waals surface area contributed by atoms with Crippen LogP contribution >= 0.6 is 0 Å². The standard InChI is InChI=1S/C21H27F3N2O/c22-21(23,24)15-6-4-5-14(11-15)20(9-2-1-3-10-20)19(27)26-18-12-16-7-8-17(13-18)25-16/h4-6,11,16-18,25H,1-3,7-10,12-13H2,(H,26,27). The Bertz CT molecular complexity index is 685. The first-order valence-electron chi connectivity index (χ1n) is 10.1. The fourth-order valence-corrected chi connectivity index (χ4v) is 5.29. The van der Waals surface area contributed by atoms with Crippen molar-refractivity contribution in [1.82, 2.24) is 10.6 Å². The SMILES string of the molecule is O=C(NC1CC2CCC(C1)N2)C1(c2cccc(C(F)(F)F)c2)CCCCC1. The molecule has 4 rings (SSSR count). The third-order valence-electron chi connectivity index (χ3n) is 6.69. The van der Waals surface area contributed by atoms with Crippen LogP contribution in [0.15, 0.2) is 24.3 Å². The van der Waals surface area contributed by atoms with E-state index in [2.05, 4.69) is 10.6 Å². The molecule has 1 aromatic rings. The van der Waals surface area contributed by atoms with E-state index < -0.39 is 17.2 Å². The molecular weight excluding hydrogens is 353 g/mol. The Morgan fingerprint density at radius 2 is 1.74 bits per heavy atom. The quantitative estimate of drug-likeness (QED) is 0.821. The molecule has 0 radical (unpaired) electrons. The summed E-state index contributed by atoms with van der Waals surface area (Å²) in [6, 6.07) is 6.47. The van der Waals surface area contributed by atoms with Gasteiger partial charge in [-0.1, -0.05) is 37.5 Å². The summed E-state index contributed by atoms with van der Waals surface area (Å²) < 4.78 is 39.7. The van der Waals surface area contributed by atoms with Crippen molar-refractivity contribution < 1.29 is 18.0 Å². The highest BCUT2D eigenvalue weighted by Gasteiger charge is 2.44. The van der Waals surface area contributed by atoms with Gasteiger partial charge in [-0.25, -0.2) is 0 Å². The normalized spacial score (nSPS) is 30.1. The summed E-state index contributed by atoms with van der Waals surface area (Å²) >= 11 is 0. The number of halogens is 3. The number of rotatable bonds is 3. The third-order valence-corrected chi connectivity index (χ3v) is 6.69. The van der Waals surface area contributed by atoms with Gasteiger partial charge in [0.25, 0.3) is 0 Å². The first-order chi connectivity index (χ1) is 12.9. The van der Waals surface area contributed by atoms with Gasteiger partial charge >= 0.3 is 6.18 Å². The van der Waals surface area contributed by atoms with Gasteiger partial charge in [-0.2, -0.15) is 13.2 Å². The Morgan fingerprint density at radius 3 is 2.37 bits per heavy atom. The van der Waals surface area contributed by atoms with E-state index in [0.717, 1.165) is 51.0 Å². The second kappa shape index (κ2) is 7.12. The van der Waals surface area contributed by atoms with Gasteiger partial charge in [0.2, 0.25) is 5.91 Å². The van der Waals surface area contributed by atoms with Crippen LogP contribution in [-0.4, -0.2) is 24.0 Å². The largest absolute Gasteiger partial charge is 0.416 e. The summed E-state index contributed by atoms with van der Waals surface area (Å²) in [6.07, 6.45) is 3.77. The second-order valence-electron chi connectivity index (χ2n) is 8.50. The van der Waals surface area contributed by atoms with Crippen LogP contribution in [-0.2, 0) is 16.4 Å². The molecule has 1 aliphatic carbocycles. The van der Waals surface area contributed by atoms with Crippen molar-refractivity contribution in [1.29, 1.82) is 0 Å². The minimum Gasteiger partial charge on any atom is -0.352 e. The third kappa shape index (κ3) is 3.73. The fraction of sp³-hybridized carbons (Fsp3) is 0.667. The van der Waals surface area contributed by atoms with Crippen molar-refractivity contribution in [3.63, 3.8) is 0 Å². The number of carbonyl (C=O) groups is 1. The van der Waals surface area contributed by atoms with Gasteiger partial charge < -0.3 is 10.6 Å². The van der Waals surface area contributed by atoms with Gasteiger partial charge in [0.1, 0.15) is 0 Å². The smallest absolute Gasteiger partial charge is 0.352 e. The Balaban J connectivity index is 1.59. The van der Waals surface area contributed by atoms with Gasteiger partial charge in [-0.15, -0.1) is 0 Å². The molecule has 2 atom stereocenters. The topological polar surface area (TPSA) is 41.1 Å². The van der Waals surface area contributed by atoms with Gasteiger partial charge in [0, 0.05) is 18.1 Å². The molecule has 2 N–H and O–H groups in total. The van der Waals surface area contributed by atoms with Crippen LogP contribution in [0.2, 0.25) is 0 Å². The van der Waals surface area contributed by atoms with Crippen molar-refractivity contribution in [2.24, 2.45) is 0 Å². The lowest BCUT2D eigenvalue weighted by Gasteiger charge is -2.39. The van der Waals surface area contributed by atoms with Crippen LogP contribution in [0.5, 0.6) is 0 Å². The maximum absolute atomic E-state index is 13.4. The molecule has 0 spiro atoms. The number of hydrogen-bond donors (Lipinski definition) is 2. The number of benzene rings is 1. The number of carbonyl (C=O) groups excluding carboxylic acids is 1. The molecule has 2 heterocycles. The van der Waals surface area contributed by atoms with Gasteiger partial charge in [-0.3, -0.25) is 4.79 Å². The maximum atomic E-state index is 13.4. The first-order valence-corrected chi connectivity index (χ1v) is 10.1. The van der Waals surface area contributed by atoms with Crippen LogP contribution in [0.3, 0.4) is 0 Å². The van der Waals surface area contributed by atoms with Gasteiger partial charge in [0.15, 0.2) is 0 Å². The Labute approximate surface area is 158 Å². The molecule has 3 nitrogen and oxygen atoms in total. The summed E-state index contributed by atoms with van der Waals surface area (Å²) in [7, 11) is 0. The van der Waals surface area contributed by atoms with E-state index in [4.69, 9.17) is 0 Å². The van der Waals surface area contributed by atoms with E-state index in [9.17, 15) is 18.0 Å². The Kier molecular flexibility index (Phi) is 4.95. The number of hydrogen-bond acceptors (Lipinski definition) is 2. The molecule has 2 saturated heterocycles. The van der Waals surface area contributed by atoms with Crippen molar-refractivity contribution in [3.05, 3.63) is 35.4 Å².